The highest BCUT2D eigenvalue weighted by molar-refractivity contribution is 7.47. The first-order valence-electron chi connectivity index (χ1n) is 24.7. The van der Waals surface area contributed by atoms with Gasteiger partial charge in [0.25, 0.3) is 0 Å². The molecule has 3 atom stereocenters. The number of esters is 1. The molecule has 0 heterocycles. The molecule has 11 nitrogen and oxygen atoms in total. The third-order valence-electron chi connectivity index (χ3n) is 11.1. The zero-order chi connectivity index (χ0) is 44.2. The van der Waals surface area contributed by atoms with E-state index in [-0.39, 0.29) is 12.8 Å². The molecule has 4 N–H and O–H groups in total. The minimum atomic E-state index is -4.75. The molecular formula is C48H92NO10P. The van der Waals surface area contributed by atoms with Gasteiger partial charge in [-0.1, -0.05) is 206 Å². The molecule has 60 heavy (non-hydrogen) atoms. The van der Waals surface area contributed by atoms with Crippen LogP contribution < -0.4 is 5.32 Å². The number of hydrogen-bond donors (Lipinski definition) is 4. The lowest BCUT2D eigenvalue weighted by atomic mass is 10.0. The normalized spacial score (nSPS) is 13.7. The molecule has 12 heteroatoms. The van der Waals surface area contributed by atoms with Gasteiger partial charge in [-0.3, -0.25) is 18.6 Å². The number of aliphatic hydroxyl groups excluding tert-OH is 1. The zero-order valence-electron chi connectivity index (χ0n) is 38.5. The smallest absolute Gasteiger partial charge is 0.472 e. The van der Waals surface area contributed by atoms with Crippen molar-refractivity contribution in [2.75, 3.05) is 19.8 Å². The van der Waals surface area contributed by atoms with Crippen molar-refractivity contribution in [3.8, 4) is 0 Å². The average molecular weight is 874 g/mol. The number of carbonyl (C=O) groups is 3. The Balaban J connectivity index is 3.82. The van der Waals surface area contributed by atoms with Gasteiger partial charge in [0.1, 0.15) is 12.7 Å². The number of allylic oxidation sites excluding steroid dienone is 2. The zero-order valence-corrected chi connectivity index (χ0v) is 39.4. The van der Waals surface area contributed by atoms with Crippen LogP contribution in [0.15, 0.2) is 12.2 Å². The van der Waals surface area contributed by atoms with Gasteiger partial charge in [0.2, 0.25) is 5.91 Å². The average Bonchev–Trinajstić information content (AvgIpc) is 3.22. The van der Waals surface area contributed by atoms with Gasteiger partial charge in [0, 0.05) is 12.8 Å². The number of phosphoric acid groups is 1. The number of unbranched alkanes of at least 4 members (excludes halogenated alkanes) is 31. The first kappa shape index (κ1) is 58.2. The summed E-state index contributed by atoms with van der Waals surface area (Å²) in [5.74, 6) is -2.36. The van der Waals surface area contributed by atoms with Crippen molar-refractivity contribution < 1.29 is 47.8 Å². The summed E-state index contributed by atoms with van der Waals surface area (Å²) in [5, 5.41) is 21.9. The molecule has 0 aliphatic heterocycles. The van der Waals surface area contributed by atoms with E-state index in [9.17, 15) is 34.1 Å². The van der Waals surface area contributed by atoms with Crippen molar-refractivity contribution >= 4 is 25.7 Å². The van der Waals surface area contributed by atoms with Crippen LogP contribution in [-0.2, 0) is 32.7 Å². The summed E-state index contributed by atoms with van der Waals surface area (Å²) in [6, 6.07) is -1.54. The molecule has 0 aromatic heterocycles. The van der Waals surface area contributed by atoms with Crippen molar-refractivity contribution in [1.82, 2.24) is 5.32 Å². The van der Waals surface area contributed by atoms with Crippen LogP contribution in [0.3, 0.4) is 0 Å². The molecule has 354 valence electrons. The summed E-state index contributed by atoms with van der Waals surface area (Å²) < 4.78 is 26.9. The fourth-order valence-electron chi connectivity index (χ4n) is 7.19. The van der Waals surface area contributed by atoms with Crippen LogP contribution in [0.4, 0.5) is 0 Å². The molecule has 0 saturated heterocycles. The number of amides is 1. The number of carboxylic acid groups (broad SMARTS) is 1. The summed E-state index contributed by atoms with van der Waals surface area (Å²) in [4.78, 5) is 46.0. The summed E-state index contributed by atoms with van der Waals surface area (Å²) in [6.45, 7) is 2.63. The van der Waals surface area contributed by atoms with Gasteiger partial charge in [-0.15, -0.1) is 0 Å². The largest absolute Gasteiger partial charge is 0.480 e. The Morgan fingerprint density at radius 2 is 0.867 bits per heavy atom. The van der Waals surface area contributed by atoms with Crippen molar-refractivity contribution in [3.63, 3.8) is 0 Å². The molecule has 0 bridgehead atoms. The van der Waals surface area contributed by atoms with E-state index in [1.54, 1.807) is 0 Å². The third kappa shape index (κ3) is 42.9. The number of rotatable bonds is 47. The quantitative estimate of drug-likeness (QED) is 0.0200. The van der Waals surface area contributed by atoms with Crippen molar-refractivity contribution in [3.05, 3.63) is 12.2 Å². The number of aliphatic hydroxyl groups is 1. The molecule has 0 aromatic rings. The van der Waals surface area contributed by atoms with Gasteiger partial charge in [0.05, 0.1) is 13.2 Å². The van der Waals surface area contributed by atoms with Gasteiger partial charge >= 0.3 is 19.8 Å². The second-order valence-electron chi connectivity index (χ2n) is 17.0. The second-order valence-corrected chi connectivity index (χ2v) is 18.5. The standard InChI is InChI=1S/C48H92NO10P/c1-3-5-7-9-11-13-15-17-19-21-22-24-25-27-29-31-33-35-37-39-46(51)49-45(48(53)54)43-59-60(55,56)58-42-44(50)41-57-47(52)40-38-36-34-32-30-28-26-23-20-18-16-14-12-10-8-6-4-2/h17,19,44-45,50H,3-16,18,20-43H2,1-2H3,(H,49,51)(H,53,54)(H,55,56)/b19-17+. The summed E-state index contributed by atoms with van der Waals surface area (Å²) in [7, 11) is -4.75. The number of hydrogen-bond acceptors (Lipinski definition) is 8. The highest BCUT2D eigenvalue weighted by Gasteiger charge is 2.28. The summed E-state index contributed by atoms with van der Waals surface area (Å²) in [6.07, 6.45) is 45.1. The molecule has 1 amide bonds. The maximum Gasteiger partial charge on any atom is 0.472 e. The Morgan fingerprint density at radius 1 is 0.517 bits per heavy atom. The fraction of sp³-hybridized carbons (Fsp3) is 0.896. The minimum absolute atomic E-state index is 0.147. The molecule has 0 rings (SSSR count). The lowest BCUT2D eigenvalue weighted by Gasteiger charge is -2.18. The second kappa shape index (κ2) is 43.9. The number of ether oxygens (including phenoxy) is 1. The van der Waals surface area contributed by atoms with Gasteiger partial charge in [-0.2, -0.15) is 0 Å². The number of carboxylic acids is 1. The number of phosphoric ester groups is 1. The molecular weight excluding hydrogens is 781 g/mol. The molecule has 0 saturated carbocycles. The van der Waals surface area contributed by atoms with Crippen LogP contribution in [-0.4, -0.2) is 64.9 Å². The Hall–Kier alpha value is -1.78. The Kier molecular flexibility index (Phi) is 42.6. The minimum Gasteiger partial charge on any atom is -0.480 e. The first-order chi connectivity index (χ1) is 29.1. The molecule has 3 unspecified atom stereocenters. The van der Waals surface area contributed by atoms with E-state index >= 15 is 0 Å². The van der Waals surface area contributed by atoms with Crippen molar-refractivity contribution in [1.29, 1.82) is 0 Å². The number of carbonyl (C=O) groups excluding carboxylic acids is 2. The van der Waals surface area contributed by atoms with Crippen LogP contribution in [0.5, 0.6) is 0 Å². The molecule has 0 radical (unpaired) electrons. The van der Waals surface area contributed by atoms with E-state index in [1.807, 2.05) is 0 Å². The van der Waals surface area contributed by atoms with E-state index in [0.717, 1.165) is 38.5 Å². The number of nitrogens with one attached hydrogen (secondary N) is 1. The Morgan fingerprint density at radius 3 is 1.27 bits per heavy atom. The van der Waals surface area contributed by atoms with Gasteiger partial charge in [0.15, 0.2) is 6.04 Å². The fourth-order valence-corrected chi connectivity index (χ4v) is 7.97. The molecule has 0 aliphatic rings. The highest BCUT2D eigenvalue weighted by atomic mass is 31.2. The molecule has 0 aromatic carbocycles. The van der Waals surface area contributed by atoms with E-state index in [0.29, 0.717) is 12.8 Å². The number of aliphatic carboxylic acids is 1. The van der Waals surface area contributed by atoms with E-state index in [2.05, 4.69) is 31.3 Å². The Bertz CT molecular complexity index is 1070. The monoisotopic (exact) mass is 874 g/mol. The molecule has 0 spiro atoms. The van der Waals surface area contributed by atoms with Gasteiger partial charge in [-0.05, 0) is 38.5 Å². The first-order valence-corrected chi connectivity index (χ1v) is 26.2. The lowest BCUT2D eigenvalue weighted by molar-refractivity contribution is -0.147. The maximum atomic E-state index is 12.3. The SMILES string of the molecule is CCCCCCCC/C=C/CCCCCCCCCCCC(=O)NC(COP(=O)(O)OCC(O)COC(=O)CCCCCCCCCCCCCCCCCCC)C(=O)O. The lowest BCUT2D eigenvalue weighted by Crippen LogP contribution is -2.43. The van der Waals surface area contributed by atoms with Gasteiger partial charge in [-0.25, -0.2) is 9.36 Å². The molecule has 0 aliphatic carbocycles. The Labute approximate surface area is 367 Å². The summed E-state index contributed by atoms with van der Waals surface area (Å²) in [5.41, 5.74) is 0. The van der Waals surface area contributed by atoms with Gasteiger partial charge < -0.3 is 25.2 Å². The van der Waals surface area contributed by atoms with Crippen LogP contribution in [0.1, 0.15) is 245 Å². The van der Waals surface area contributed by atoms with E-state index in [4.69, 9.17) is 13.8 Å². The van der Waals surface area contributed by atoms with E-state index in [1.165, 1.54) is 167 Å². The molecule has 0 fully saturated rings. The maximum absolute atomic E-state index is 12.3. The highest BCUT2D eigenvalue weighted by Crippen LogP contribution is 2.43. The third-order valence-corrected chi connectivity index (χ3v) is 12.0. The van der Waals surface area contributed by atoms with E-state index < -0.39 is 57.6 Å². The van der Waals surface area contributed by atoms with Crippen molar-refractivity contribution in [2.24, 2.45) is 0 Å². The van der Waals surface area contributed by atoms with Crippen LogP contribution in [0.2, 0.25) is 0 Å². The van der Waals surface area contributed by atoms with Crippen LogP contribution in [0, 0.1) is 0 Å². The predicted molar refractivity (Wildman–Crippen MR) is 245 cm³/mol. The van der Waals surface area contributed by atoms with Crippen molar-refractivity contribution in [2.45, 2.75) is 257 Å². The van der Waals surface area contributed by atoms with Crippen LogP contribution >= 0.6 is 7.82 Å². The van der Waals surface area contributed by atoms with Crippen LogP contribution in [0.25, 0.3) is 0 Å². The topological polar surface area (TPSA) is 169 Å². The predicted octanol–water partition coefficient (Wildman–Crippen LogP) is 13.2. The summed E-state index contributed by atoms with van der Waals surface area (Å²) >= 11 is 0.